The van der Waals surface area contributed by atoms with Crippen molar-refractivity contribution in [2.75, 3.05) is 20.3 Å². The Morgan fingerprint density at radius 3 is 2.56 bits per heavy atom. The van der Waals surface area contributed by atoms with E-state index in [2.05, 4.69) is 17.6 Å². The molecule has 2 fully saturated rings. The second kappa shape index (κ2) is 13.4. The minimum absolute atomic E-state index is 0.0972. The molecule has 1 aliphatic carbocycles. The monoisotopic (exact) mass is 486 g/mol. The van der Waals surface area contributed by atoms with Crippen LogP contribution in [0.3, 0.4) is 0 Å². The highest BCUT2D eigenvalue weighted by Gasteiger charge is 2.25. The summed E-state index contributed by atoms with van der Waals surface area (Å²) in [4.78, 5) is 22.7. The van der Waals surface area contributed by atoms with Gasteiger partial charge in [-0.15, -0.1) is 0 Å². The Hall–Kier alpha value is -2.57. The SMILES string of the molecule is CCC[C@H](/C=C(/C(=C/C=C(\C=O)C1CC1)NC)c1ccc(OC2CCOCC2)c(Cl)c1)NC=O. The fourth-order valence-electron chi connectivity index (χ4n) is 4.07. The van der Waals surface area contributed by atoms with E-state index in [9.17, 15) is 9.59 Å². The first-order valence-corrected chi connectivity index (χ1v) is 12.5. The van der Waals surface area contributed by atoms with Crippen molar-refractivity contribution in [3.8, 4) is 5.75 Å². The van der Waals surface area contributed by atoms with Crippen LogP contribution in [0.5, 0.6) is 5.75 Å². The minimum Gasteiger partial charge on any atom is -0.489 e. The molecule has 1 saturated carbocycles. The van der Waals surface area contributed by atoms with E-state index in [1.54, 1.807) is 0 Å². The highest BCUT2D eigenvalue weighted by molar-refractivity contribution is 6.32. The van der Waals surface area contributed by atoms with Crippen molar-refractivity contribution in [3.63, 3.8) is 0 Å². The number of hydrogen-bond acceptors (Lipinski definition) is 5. The quantitative estimate of drug-likeness (QED) is 0.237. The molecule has 1 saturated heterocycles. The van der Waals surface area contributed by atoms with E-state index < -0.39 is 0 Å². The first-order chi connectivity index (χ1) is 16.6. The molecule has 0 aromatic heterocycles. The van der Waals surface area contributed by atoms with Gasteiger partial charge >= 0.3 is 0 Å². The first-order valence-electron chi connectivity index (χ1n) is 12.1. The van der Waals surface area contributed by atoms with Gasteiger partial charge in [0.15, 0.2) is 0 Å². The Balaban J connectivity index is 1.95. The van der Waals surface area contributed by atoms with Gasteiger partial charge in [-0.1, -0.05) is 43.2 Å². The van der Waals surface area contributed by atoms with Crippen molar-refractivity contribution < 1.29 is 19.1 Å². The van der Waals surface area contributed by atoms with Crippen LogP contribution in [0, 0.1) is 5.92 Å². The summed E-state index contributed by atoms with van der Waals surface area (Å²) >= 11 is 6.65. The second-order valence-electron chi connectivity index (χ2n) is 8.72. The Kier molecular flexibility index (Phi) is 10.2. The molecule has 1 aromatic carbocycles. The molecule has 0 unspecified atom stereocenters. The third kappa shape index (κ3) is 7.47. The van der Waals surface area contributed by atoms with Gasteiger partial charge in [0.05, 0.1) is 18.2 Å². The minimum atomic E-state index is -0.135. The Morgan fingerprint density at radius 1 is 1.21 bits per heavy atom. The zero-order valence-electron chi connectivity index (χ0n) is 20.0. The number of ether oxygens (including phenoxy) is 2. The molecule has 1 aromatic rings. The molecular formula is C27H35ClN2O4. The number of carbonyl (C=O) groups excluding carboxylic acids is 2. The number of rotatable bonds is 13. The predicted molar refractivity (Wildman–Crippen MR) is 136 cm³/mol. The molecular weight excluding hydrogens is 452 g/mol. The number of allylic oxidation sites excluding steroid dienone is 4. The van der Waals surface area contributed by atoms with Gasteiger partial charge in [-0.05, 0) is 54.5 Å². The highest BCUT2D eigenvalue weighted by atomic mass is 35.5. The second-order valence-corrected chi connectivity index (χ2v) is 9.13. The normalized spacial score (nSPS) is 18.9. The maximum absolute atomic E-state index is 11.5. The van der Waals surface area contributed by atoms with E-state index >= 15 is 0 Å². The molecule has 7 heteroatoms. The summed E-state index contributed by atoms with van der Waals surface area (Å²) in [6.07, 6.45) is 13.1. The van der Waals surface area contributed by atoms with Crippen molar-refractivity contribution in [2.45, 2.75) is 57.6 Å². The summed E-state index contributed by atoms with van der Waals surface area (Å²) in [6.45, 7) is 3.47. The zero-order valence-corrected chi connectivity index (χ0v) is 20.8. The molecule has 3 rings (SSSR count). The first kappa shape index (κ1) is 26.0. The van der Waals surface area contributed by atoms with E-state index in [-0.39, 0.29) is 12.1 Å². The van der Waals surface area contributed by atoms with E-state index in [0.29, 0.717) is 29.9 Å². The average Bonchev–Trinajstić information content (AvgIpc) is 3.68. The predicted octanol–water partition coefficient (Wildman–Crippen LogP) is 4.83. The summed E-state index contributed by atoms with van der Waals surface area (Å²) in [7, 11) is 1.84. The van der Waals surface area contributed by atoms with Crippen LogP contribution < -0.4 is 15.4 Å². The number of halogens is 1. The van der Waals surface area contributed by atoms with Crippen molar-refractivity contribution in [1.82, 2.24) is 10.6 Å². The third-order valence-corrected chi connectivity index (χ3v) is 6.44. The Labute approximate surface area is 207 Å². The van der Waals surface area contributed by atoms with Crippen molar-refractivity contribution >= 4 is 29.9 Å². The summed E-state index contributed by atoms with van der Waals surface area (Å²) in [5, 5.41) is 6.68. The molecule has 1 aliphatic heterocycles. The van der Waals surface area contributed by atoms with Crippen LogP contribution in [0.1, 0.15) is 51.0 Å². The van der Waals surface area contributed by atoms with Gasteiger partial charge in [0, 0.05) is 37.2 Å². The molecule has 1 atom stereocenters. The van der Waals surface area contributed by atoms with Gasteiger partial charge in [0.25, 0.3) is 0 Å². The number of nitrogens with one attached hydrogen (secondary N) is 2. The molecule has 1 amide bonds. The zero-order chi connectivity index (χ0) is 24.3. The number of likely N-dealkylation sites (N-methyl/N-ethyl adjacent to an activating group) is 1. The fraction of sp³-hybridized carbons (Fsp3) is 0.481. The lowest BCUT2D eigenvalue weighted by atomic mass is 9.97. The molecule has 2 N–H and O–H groups in total. The maximum Gasteiger partial charge on any atom is 0.207 e. The lowest BCUT2D eigenvalue weighted by molar-refractivity contribution is -0.110. The smallest absolute Gasteiger partial charge is 0.207 e. The van der Waals surface area contributed by atoms with Crippen LogP contribution in [-0.4, -0.2) is 45.1 Å². The van der Waals surface area contributed by atoms with Crippen LogP contribution in [0.25, 0.3) is 5.57 Å². The van der Waals surface area contributed by atoms with Gasteiger partial charge in [-0.3, -0.25) is 9.59 Å². The molecule has 0 bridgehead atoms. The Bertz CT molecular complexity index is 931. The van der Waals surface area contributed by atoms with E-state index in [4.69, 9.17) is 21.1 Å². The van der Waals surface area contributed by atoms with Gasteiger partial charge in [-0.25, -0.2) is 0 Å². The molecule has 34 heavy (non-hydrogen) atoms. The number of hydrogen-bond donors (Lipinski definition) is 2. The summed E-state index contributed by atoms with van der Waals surface area (Å²) in [5.41, 5.74) is 3.43. The van der Waals surface area contributed by atoms with Gasteiger partial charge in [0.2, 0.25) is 6.41 Å². The molecule has 6 nitrogen and oxygen atoms in total. The molecule has 0 spiro atoms. The van der Waals surface area contributed by atoms with Gasteiger partial charge in [-0.2, -0.15) is 0 Å². The van der Waals surface area contributed by atoms with Crippen LogP contribution in [0.4, 0.5) is 0 Å². The molecule has 184 valence electrons. The summed E-state index contributed by atoms with van der Waals surface area (Å²) in [6, 6.07) is 5.63. The summed E-state index contributed by atoms with van der Waals surface area (Å²) < 4.78 is 11.5. The maximum atomic E-state index is 11.5. The lowest BCUT2D eigenvalue weighted by Gasteiger charge is -2.24. The Morgan fingerprint density at radius 2 is 1.97 bits per heavy atom. The lowest BCUT2D eigenvalue weighted by Crippen LogP contribution is -2.26. The molecule has 0 radical (unpaired) electrons. The fourth-order valence-corrected chi connectivity index (χ4v) is 4.29. The molecule has 2 aliphatic rings. The van der Waals surface area contributed by atoms with Crippen LogP contribution in [-0.2, 0) is 14.3 Å². The van der Waals surface area contributed by atoms with Crippen molar-refractivity contribution in [2.24, 2.45) is 5.92 Å². The average molecular weight is 487 g/mol. The molecule has 1 heterocycles. The van der Waals surface area contributed by atoms with E-state index in [0.717, 1.165) is 73.6 Å². The van der Waals surface area contributed by atoms with E-state index in [1.165, 1.54) is 0 Å². The summed E-state index contributed by atoms with van der Waals surface area (Å²) in [5.74, 6) is 1.01. The van der Waals surface area contributed by atoms with E-state index in [1.807, 2.05) is 43.5 Å². The number of benzene rings is 1. The van der Waals surface area contributed by atoms with Crippen molar-refractivity contribution in [3.05, 3.63) is 58.3 Å². The van der Waals surface area contributed by atoms with Crippen LogP contribution >= 0.6 is 11.6 Å². The van der Waals surface area contributed by atoms with Gasteiger partial charge in [0.1, 0.15) is 18.1 Å². The third-order valence-electron chi connectivity index (χ3n) is 6.14. The van der Waals surface area contributed by atoms with Gasteiger partial charge < -0.3 is 20.1 Å². The number of aldehydes is 1. The van der Waals surface area contributed by atoms with Crippen molar-refractivity contribution in [1.29, 1.82) is 0 Å². The highest BCUT2D eigenvalue weighted by Crippen LogP contribution is 2.36. The number of amides is 1. The standard InChI is InChI=1S/C27H35ClN2O4/c1-3-4-22(30-18-32)16-24(26(29-2)9-7-21(17-31)19-5-6-19)20-8-10-27(25(28)15-20)34-23-11-13-33-14-12-23/h7-10,15-19,22-23,29H,3-6,11-14H2,1-2H3,(H,30,32)/b21-7+,24-16+,26-9-/t22-/m1/s1. The largest absolute Gasteiger partial charge is 0.489 e. The number of carbonyl (C=O) groups is 2. The van der Waals surface area contributed by atoms with Crippen LogP contribution in [0.15, 0.2) is 47.7 Å². The van der Waals surface area contributed by atoms with Crippen LogP contribution in [0.2, 0.25) is 5.02 Å². The topological polar surface area (TPSA) is 76.7 Å².